The van der Waals surface area contributed by atoms with Crippen molar-refractivity contribution in [3.8, 4) is 0 Å². The lowest BCUT2D eigenvalue weighted by atomic mass is 10.1. The Kier molecular flexibility index (Phi) is 5.18. The molecule has 7 nitrogen and oxygen atoms in total. The van der Waals surface area contributed by atoms with Crippen LogP contribution in [0.15, 0.2) is 42.5 Å². The maximum absolute atomic E-state index is 12.2. The summed E-state index contributed by atoms with van der Waals surface area (Å²) in [6, 6.07) is 10.9. The number of amides is 2. The first kappa shape index (κ1) is 17.9. The molecule has 1 aliphatic rings. The number of non-ortho nitro benzene ring substituents is 1. The van der Waals surface area contributed by atoms with E-state index >= 15 is 0 Å². The number of nitrogens with zero attached hydrogens (tertiary/aromatic N) is 1. The average Bonchev–Trinajstić information content (AvgIpc) is 3.45. The lowest BCUT2D eigenvalue weighted by molar-refractivity contribution is -0.384. The Hall–Kier alpha value is -2.93. The zero-order valence-corrected chi connectivity index (χ0v) is 14.5. The summed E-state index contributed by atoms with van der Waals surface area (Å²) in [5, 5.41) is 16.3. The number of benzene rings is 2. The first-order chi connectivity index (χ1) is 12.4. The van der Waals surface area contributed by atoms with Gasteiger partial charge in [0.1, 0.15) is 0 Å². The Morgan fingerprint density at radius 3 is 2.62 bits per heavy atom. The zero-order chi connectivity index (χ0) is 18.7. The van der Waals surface area contributed by atoms with E-state index in [1.165, 1.54) is 12.1 Å². The predicted octanol–water partition coefficient (Wildman–Crippen LogP) is 3.53. The summed E-state index contributed by atoms with van der Waals surface area (Å²) < 4.78 is 0. The molecule has 3 rings (SSSR count). The van der Waals surface area contributed by atoms with Crippen LogP contribution in [0.3, 0.4) is 0 Å². The fourth-order valence-corrected chi connectivity index (χ4v) is 2.69. The third kappa shape index (κ3) is 4.37. The number of anilines is 1. The lowest BCUT2D eigenvalue weighted by Gasteiger charge is -2.09. The number of carbonyl (C=O) groups excluding carboxylic acids is 2. The minimum Gasteiger partial charge on any atom is -0.348 e. The van der Waals surface area contributed by atoms with E-state index in [1.807, 2.05) is 6.07 Å². The second kappa shape index (κ2) is 7.53. The molecule has 2 aromatic rings. The summed E-state index contributed by atoms with van der Waals surface area (Å²) in [6.07, 6.45) is 1.86. The van der Waals surface area contributed by atoms with E-state index in [2.05, 4.69) is 10.6 Å². The van der Waals surface area contributed by atoms with Gasteiger partial charge in [0.25, 0.3) is 11.6 Å². The Morgan fingerprint density at radius 2 is 1.96 bits per heavy atom. The van der Waals surface area contributed by atoms with Crippen LogP contribution in [0.1, 0.15) is 28.8 Å². The van der Waals surface area contributed by atoms with Crippen molar-refractivity contribution < 1.29 is 14.5 Å². The van der Waals surface area contributed by atoms with E-state index in [0.717, 1.165) is 24.5 Å². The van der Waals surface area contributed by atoms with Crippen molar-refractivity contribution in [2.75, 3.05) is 5.32 Å². The molecule has 2 N–H and O–H groups in total. The monoisotopic (exact) mass is 373 g/mol. The van der Waals surface area contributed by atoms with Crippen LogP contribution < -0.4 is 10.6 Å². The van der Waals surface area contributed by atoms with Gasteiger partial charge in [-0.2, -0.15) is 0 Å². The largest absolute Gasteiger partial charge is 0.348 e. The molecule has 2 aromatic carbocycles. The molecule has 0 radical (unpaired) electrons. The van der Waals surface area contributed by atoms with Gasteiger partial charge < -0.3 is 10.6 Å². The van der Waals surface area contributed by atoms with Gasteiger partial charge in [-0.1, -0.05) is 23.7 Å². The van der Waals surface area contributed by atoms with Crippen LogP contribution in [0, 0.1) is 16.0 Å². The van der Waals surface area contributed by atoms with Crippen molar-refractivity contribution in [1.82, 2.24) is 5.32 Å². The molecule has 26 heavy (non-hydrogen) atoms. The molecule has 1 fully saturated rings. The van der Waals surface area contributed by atoms with Crippen molar-refractivity contribution in [3.05, 3.63) is 68.7 Å². The van der Waals surface area contributed by atoms with Gasteiger partial charge in [-0.15, -0.1) is 0 Å². The number of nitro benzene ring substituents is 1. The minimum atomic E-state index is -0.574. The van der Waals surface area contributed by atoms with E-state index in [9.17, 15) is 19.7 Å². The number of rotatable bonds is 6. The quantitative estimate of drug-likeness (QED) is 0.597. The molecule has 0 atom stereocenters. The predicted molar refractivity (Wildman–Crippen MR) is 97.1 cm³/mol. The van der Waals surface area contributed by atoms with Crippen LogP contribution in [-0.2, 0) is 11.3 Å². The Labute approximate surface area is 154 Å². The van der Waals surface area contributed by atoms with Gasteiger partial charge in [-0.25, -0.2) is 0 Å². The number of nitro groups is 1. The molecule has 1 aliphatic carbocycles. The maximum Gasteiger partial charge on any atom is 0.270 e. The summed E-state index contributed by atoms with van der Waals surface area (Å²) in [6.45, 7) is 0.235. The van der Waals surface area contributed by atoms with Crippen molar-refractivity contribution in [2.24, 2.45) is 5.92 Å². The first-order valence-electron chi connectivity index (χ1n) is 8.06. The Morgan fingerprint density at radius 1 is 1.19 bits per heavy atom. The van der Waals surface area contributed by atoms with Crippen molar-refractivity contribution in [3.63, 3.8) is 0 Å². The van der Waals surface area contributed by atoms with E-state index in [1.54, 1.807) is 18.2 Å². The van der Waals surface area contributed by atoms with Crippen LogP contribution >= 0.6 is 11.6 Å². The van der Waals surface area contributed by atoms with Crippen LogP contribution in [-0.4, -0.2) is 16.7 Å². The minimum absolute atomic E-state index is 0.0159. The van der Waals surface area contributed by atoms with Gasteiger partial charge in [-0.3, -0.25) is 19.7 Å². The van der Waals surface area contributed by atoms with E-state index in [4.69, 9.17) is 11.6 Å². The highest BCUT2D eigenvalue weighted by molar-refractivity contribution is 6.34. The second-order valence-corrected chi connectivity index (χ2v) is 6.48. The standard InChI is InChI=1S/C18H16ClN3O4/c19-16-9-14(22(25)26)6-7-15(16)18(24)20-10-11-2-1-3-13(8-11)21-17(23)12-4-5-12/h1-3,6-9,12H,4-5,10H2,(H,20,24)(H,21,23). The number of hydrogen-bond acceptors (Lipinski definition) is 4. The fraction of sp³-hybridized carbons (Fsp3) is 0.222. The third-order valence-corrected chi connectivity index (χ3v) is 4.32. The SMILES string of the molecule is O=C(NCc1cccc(NC(=O)C2CC2)c1)c1ccc([N+](=O)[O-])cc1Cl. The van der Waals surface area contributed by atoms with Gasteiger partial charge >= 0.3 is 0 Å². The molecular formula is C18H16ClN3O4. The molecule has 0 spiro atoms. The molecule has 0 aliphatic heterocycles. The normalized spacial score (nSPS) is 13.1. The van der Waals surface area contributed by atoms with Crippen LogP contribution in [0.4, 0.5) is 11.4 Å². The molecular weight excluding hydrogens is 358 g/mol. The molecule has 1 saturated carbocycles. The summed E-state index contributed by atoms with van der Waals surface area (Å²) in [5.41, 5.74) is 1.48. The number of halogens is 1. The van der Waals surface area contributed by atoms with Crippen molar-refractivity contribution in [2.45, 2.75) is 19.4 Å². The van der Waals surface area contributed by atoms with E-state index < -0.39 is 10.8 Å². The topological polar surface area (TPSA) is 101 Å². The molecule has 0 bridgehead atoms. The fourth-order valence-electron chi connectivity index (χ4n) is 2.43. The van der Waals surface area contributed by atoms with Gasteiger partial charge in [0.15, 0.2) is 0 Å². The number of carbonyl (C=O) groups is 2. The number of nitrogens with one attached hydrogen (secondary N) is 2. The van der Waals surface area contributed by atoms with Gasteiger partial charge in [-0.05, 0) is 36.6 Å². The Bertz CT molecular complexity index is 880. The van der Waals surface area contributed by atoms with Gasteiger partial charge in [0.2, 0.25) is 5.91 Å². The average molecular weight is 374 g/mol. The highest BCUT2D eigenvalue weighted by Crippen LogP contribution is 2.30. The number of hydrogen-bond donors (Lipinski definition) is 2. The van der Waals surface area contributed by atoms with Crippen LogP contribution in [0.5, 0.6) is 0 Å². The summed E-state index contributed by atoms with van der Waals surface area (Å²) >= 11 is 5.96. The van der Waals surface area contributed by atoms with Crippen LogP contribution in [0.2, 0.25) is 5.02 Å². The summed E-state index contributed by atoms with van der Waals surface area (Å²) in [7, 11) is 0. The summed E-state index contributed by atoms with van der Waals surface area (Å²) in [4.78, 5) is 34.2. The second-order valence-electron chi connectivity index (χ2n) is 6.07. The lowest BCUT2D eigenvalue weighted by Crippen LogP contribution is -2.23. The highest BCUT2D eigenvalue weighted by atomic mass is 35.5. The van der Waals surface area contributed by atoms with E-state index in [-0.39, 0.29) is 34.6 Å². The Balaban J connectivity index is 1.62. The molecule has 8 heteroatoms. The third-order valence-electron chi connectivity index (χ3n) is 4.00. The smallest absolute Gasteiger partial charge is 0.270 e. The maximum atomic E-state index is 12.2. The molecule has 0 saturated heterocycles. The summed E-state index contributed by atoms with van der Waals surface area (Å²) in [5.74, 6) is -0.302. The molecule has 0 aromatic heterocycles. The molecule has 2 amide bonds. The van der Waals surface area contributed by atoms with Crippen molar-refractivity contribution >= 4 is 34.8 Å². The van der Waals surface area contributed by atoms with Crippen LogP contribution in [0.25, 0.3) is 0 Å². The van der Waals surface area contributed by atoms with Gasteiger partial charge in [0.05, 0.1) is 15.5 Å². The zero-order valence-electron chi connectivity index (χ0n) is 13.7. The molecule has 134 valence electrons. The molecule has 0 heterocycles. The highest BCUT2D eigenvalue weighted by Gasteiger charge is 2.29. The van der Waals surface area contributed by atoms with Gasteiger partial charge in [0, 0.05) is 30.3 Å². The molecule has 0 unspecified atom stereocenters. The van der Waals surface area contributed by atoms with Crippen molar-refractivity contribution in [1.29, 1.82) is 0 Å². The van der Waals surface area contributed by atoms with E-state index in [0.29, 0.717) is 5.69 Å². The first-order valence-corrected chi connectivity index (χ1v) is 8.44.